The van der Waals surface area contributed by atoms with Gasteiger partial charge in [-0.1, -0.05) is 20.8 Å². The summed E-state index contributed by atoms with van der Waals surface area (Å²) >= 11 is 0. The van der Waals surface area contributed by atoms with Gasteiger partial charge in [0, 0.05) is 31.8 Å². The molecule has 2 atom stereocenters. The molecule has 3 heteroatoms. The predicted octanol–water partition coefficient (Wildman–Crippen LogP) is 3.23. The molecule has 1 aliphatic heterocycles. The highest BCUT2D eigenvalue weighted by atomic mass is 16.5. The summed E-state index contributed by atoms with van der Waals surface area (Å²) < 4.78 is 12.0. The molecule has 0 radical (unpaired) electrons. The molecule has 1 aliphatic carbocycles. The largest absolute Gasteiger partial charge is 0.381 e. The van der Waals surface area contributed by atoms with Gasteiger partial charge in [0.05, 0.1) is 6.10 Å². The maximum Gasteiger partial charge on any atom is 0.0673 e. The van der Waals surface area contributed by atoms with Gasteiger partial charge in [-0.05, 0) is 50.5 Å². The molecule has 0 bridgehead atoms. The predicted molar refractivity (Wildman–Crippen MR) is 82.9 cm³/mol. The molecule has 118 valence electrons. The smallest absolute Gasteiger partial charge is 0.0673 e. The van der Waals surface area contributed by atoms with Crippen LogP contribution in [0.5, 0.6) is 0 Å². The summed E-state index contributed by atoms with van der Waals surface area (Å²) in [6.07, 6.45) is 6.78. The van der Waals surface area contributed by atoms with Crippen LogP contribution in [-0.2, 0) is 9.47 Å². The Morgan fingerprint density at radius 1 is 1.35 bits per heavy atom. The van der Waals surface area contributed by atoms with Gasteiger partial charge in [0.25, 0.3) is 0 Å². The van der Waals surface area contributed by atoms with E-state index in [4.69, 9.17) is 9.47 Å². The molecule has 20 heavy (non-hydrogen) atoms. The van der Waals surface area contributed by atoms with Crippen molar-refractivity contribution in [1.29, 1.82) is 0 Å². The molecule has 0 amide bonds. The topological polar surface area (TPSA) is 30.5 Å². The van der Waals surface area contributed by atoms with Crippen molar-refractivity contribution in [2.75, 3.05) is 32.9 Å². The van der Waals surface area contributed by atoms with E-state index in [1.54, 1.807) is 0 Å². The van der Waals surface area contributed by atoms with Crippen LogP contribution in [0.4, 0.5) is 0 Å². The zero-order chi connectivity index (χ0) is 14.4. The van der Waals surface area contributed by atoms with E-state index in [1.807, 2.05) is 0 Å². The van der Waals surface area contributed by atoms with Gasteiger partial charge in [-0.15, -0.1) is 0 Å². The Bertz CT molecular complexity index is 278. The average Bonchev–Trinajstić information content (AvgIpc) is 3.17. The zero-order valence-electron chi connectivity index (χ0n) is 13.6. The molecule has 2 rings (SSSR count). The lowest BCUT2D eigenvalue weighted by Gasteiger charge is -2.35. The fourth-order valence-corrected chi connectivity index (χ4v) is 3.40. The highest BCUT2D eigenvalue weighted by Crippen LogP contribution is 2.49. The highest BCUT2D eigenvalue weighted by Gasteiger charge is 2.50. The third kappa shape index (κ3) is 4.44. The second kappa shape index (κ2) is 7.77. The Kier molecular flexibility index (Phi) is 6.31. The van der Waals surface area contributed by atoms with Gasteiger partial charge in [-0.25, -0.2) is 0 Å². The van der Waals surface area contributed by atoms with Crippen LogP contribution in [0.2, 0.25) is 0 Å². The summed E-state index contributed by atoms with van der Waals surface area (Å²) in [5, 5.41) is 3.64. The highest BCUT2D eigenvalue weighted by molar-refractivity contribution is 5.00. The molecule has 0 aromatic carbocycles. The Morgan fingerprint density at radius 3 is 2.80 bits per heavy atom. The van der Waals surface area contributed by atoms with Crippen LogP contribution in [-0.4, -0.2) is 39.0 Å². The molecule has 1 heterocycles. The van der Waals surface area contributed by atoms with E-state index in [-0.39, 0.29) is 0 Å². The van der Waals surface area contributed by atoms with Crippen LogP contribution < -0.4 is 5.32 Å². The Hall–Kier alpha value is -0.120. The molecule has 0 spiro atoms. The molecular formula is C17H33NO2. The van der Waals surface area contributed by atoms with E-state index in [0.29, 0.717) is 17.4 Å². The van der Waals surface area contributed by atoms with Crippen LogP contribution in [0.25, 0.3) is 0 Å². The number of ether oxygens (including phenoxy) is 2. The fraction of sp³-hybridized carbons (Fsp3) is 1.00. The number of hydrogen-bond donors (Lipinski definition) is 1. The fourth-order valence-electron chi connectivity index (χ4n) is 3.40. The minimum absolute atomic E-state index is 0.327. The molecule has 2 unspecified atom stereocenters. The van der Waals surface area contributed by atoms with Crippen LogP contribution in [0, 0.1) is 17.3 Å². The number of nitrogens with one attached hydrogen (secondary N) is 1. The van der Waals surface area contributed by atoms with E-state index < -0.39 is 0 Å². The SMILES string of the molecule is CCCNCC1(CCOCC(C)C)CCOC1C1CC1. The molecule has 1 N–H and O–H groups in total. The van der Waals surface area contributed by atoms with Crippen molar-refractivity contribution in [1.82, 2.24) is 5.32 Å². The third-order valence-electron chi connectivity index (χ3n) is 4.65. The maximum absolute atomic E-state index is 6.11. The van der Waals surface area contributed by atoms with E-state index in [2.05, 4.69) is 26.1 Å². The second-order valence-corrected chi connectivity index (χ2v) is 7.14. The summed E-state index contributed by atoms with van der Waals surface area (Å²) in [6, 6.07) is 0. The van der Waals surface area contributed by atoms with Gasteiger partial charge in [0.15, 0.2) is 0 Å². The first-order valence-electron chi connectivity index (χ1n) is 8.58. The molecule has 3 nitrogen and oxygen atoms in total. The first-order chi connectivity index (χ1) is 9.68. The van der Waals surface area contributed by atoms with Crippen molar-refractivity contribution in [3.05, 3.63) is 0 Å². The van der Waals surface area contributed by atoms with Gasteiger partial charge < -0.3 is 14.8 Å². The van der Waals surface area contributed by atoms with Gasteiger partial charge >= 0.3 is 0 Å². The van der Waals surface area contributed by atoms with Crippen LogP contribution in [0.3, 0.4) is 0 Å². The minimum atomic E-state index is 0.327. The summed E-state index contributed by atoms with van der Waals surface area (Å²) in [6.45, 7) is 11.6. The summed E-state index contributed by atoms with van der Waals surface area (Å²) in [7, 11) is 0. The molecule has 1 saturated heterocycles. The quantitative estimate of drug-likeness (QED) is 0.624. The lowest BCUT2D eigenvalue weighted by atomic mass is 9.76. The molecule has 0 aromatic heterocycles. The normalized spacial score (nSPS) is 30.3. The Labute approximate surface area is 124 Å². The maximum atomic E-state index is 6.11. The van der Waals surface area contributed by atoms with E-state index >= 15 is 0 Å². The Morgan fingerprint density at radius 2 is 2.15 bits per heavy atom. The van der Waals surface area contributed by atoms with Gasteiger partial charge in [-0.3, -0.25) is 0 Å². The lowest BCUT2D eigenvalue weighted by molar-refractivity contribution is 0.00573. The van der Waals surface area contributed by atoms with Crippen LogP contribution >= 0.6 is 0 Å². The van der Waals surface area contributed by atoms with E-state index in [0.717, 1.165) is 45.2 Å². The van der Waals surface area contributed by atoms with Crippen molar-refractivity contribution in [2.45, 2.75) is 59.0 Å². The zero-order valence-corrected chi connectivity index (χ0v) is 13.6. The lowest BCUT2D eigenvalue weighted by Crippen LogP contribution is -2.43. The Balaban J connectivity index is 1.85. The standard InChI is InChI=1S/C17H33NO2/c1-4-9-18-13-17(7-10-19-12-14(2)3)8-11-20-16(17)15-5-6-15/h14-16,18H,4-13H2,1-3H3. The summed E-state index contributed by atoms with van der Waals surface area (Å²) in [4.78, 5) is 0. The summed E-state index contributed by atoms with van der Waals surface area (Å²) in [5.41, 5.74) is 0.327. The van der Waals surface area contributed by atoms with Crippen molar-refractivity contribution < 1.29 is 9.47 Å². The van der Waals surface area contributed by atoms with E-state index in [1.165, 1.54) is 25.7 Å². The molecule has 2 fully saturated rings. The van der Waals surface area contributed by atoms with Gasteiger partial charge in [0.2, 0.25) is 0 Å². The van der Waals surface area contributed by atoms with Crippen molar-refractivity contribution in [2.24, 2.45) is 17.3 Å². The molecule has 0 aromatic rings. The number of rotatable bonds is 10. The van der Waals surface area contributed by atoms with Gasteiger partial charge in [0.1, 0.15) is 0 Å². The van der Waals surface area contributed by atoms with E-state index in [9.17, 15) is 0 Å². The monoisotopic (exact) mass is 283 g/mol. The molecular weight excluding hydrogens is 250 g/mol. The minimum Gasteiger partial charge on any atom is -0.381 e. The molecule has 1 saturated carbocycles. The van der Waals surface area contributed by atoms with Crippen molar-refractivity contribution >= 4 is 0 Å². The first-order valence-corrected chi connectivity index (χ1v) is 8.58. The first kappa shape index (κ1) is 16.3. The summed E-state index contributed by atoms with van der Waals surface area (Å²) in [5.74, 6) is 1.45. The second-order valence-electron chi connectivity index (χ2n) is 7.14. The number of hydrogen-bond acceptors (Lipinski definition) is 3. The van der Waals surface area contributed by atoms with Crippen LogP contribution in [0.15, 0.2) is 0 Å². The van der Waals surface area contributed by atoms with Gasteiger partial charge in [-0.2, -0.15) is 0 Å². The third-order valence-corrected chi connectivity index (χ3v) is 4.65. The van der Waals surface area contributed by atoms with Crippen LogP contribution in [0.1, 0.15) is 52.9 Å². The van der Waals surface area contributed by atoms with Crippen molar-refractivity contribution in [3.63, 3.8) is 0 Å². The average molecular weight is 283 g/mol. The van der Waals surface area contributed by atoms with Crippen molar-refractivity contribution in [3.8, 4) is 0 Å². The molecule has 2 aliphatic rings.